The number of piperazine rings is 1. The number of aromatic amines is 1. The molecular formula is C25H21FN6O5. The van der Waals surface area contributed by atoms with E-state index in [1.165, 1.54) is 24.2 Å². The number of carbonyl (C=O) groups is 4. The molecule has 0 atom stereocenters. The SMILES string of the molecule is CNC(=O)c1nc(-c2ccc(F)c3c(C(=O)C(=O)N4CCN(C(=O)c5ccccc5)CC4)c[nH]c23)no1. The molecule has 0 saturated carbocycles. The minimum Gasteiger partial charge on any atom is -0.360 e. The summed E-state index contributed by atoms with van der Waals surface area (Å²) >= 11 is 0. The van der Waals surface area contributed by atoms with Crippen molar-refractivity contribution in [3.05, 3.63) is 71.5 Å². The van der Waals surface area contributed by atoms with E-state index in [0.717, 1.165) is 6.07 Å². The van der Waals surface area contributed by atoms with Crippen molar-refractivity contribution < 1.29 is 28.1 Å². The van der Waals surface area contributed by atoms with Gasteiger partial charge in [-0.15, -0.1) is 0 Å². The number of Topliss-reactive ketones (excluding diaryl/α,β-unsaturated/α-hetero) is 1. The fourth-order valence-corrected chi connectivity index (χ4v) is 4.24. The Morgan fingerprint density at radius 3 is 2.41 bits per heavy atom. The Labute approximate surface area is 209 Å². The third-order valence-electron chi connectivity index (χ3n) is 6.19. The van der Waals surface area contributed by atoms with E-state index in [1.807, 2.05) is 6.07 Å². The van der Waals surface area contributed by atoms with Gasteiger partial charge in [0.25, 0.3) is 17.6 Å². The third kappa shape index (κ3) is 4.33. The molecule has 1 aliphatic rings. The van der Waals surface area contributed by atoms with Crippen molar-refractivity contribution in [2.75, 3.05) is 33.2 Å². The van der Waals surface area contributed by atoms with Gasteiger partial charge in [0.1, 0.15) is 5.82 Å². The second-order valence-corrected chi connectivity index (χ2v) is 8.33. The lowest BCUT2D eigenvalue weighted by Gasteiger charge is -2.34. The molecule has 3 heterocycles. The number of halogens is 1. The van der Waals surface area contributed by atoms with Crippen molar-refractivity contribution in [1.29, 1.82) is 0 Å². The molecule has 1 saturated heterocycles. The highest BCUT2D eigenvalue weighted by Crippen LogP contribution is 2.31. The van der Waals surface area contributed by atoms with Gasteiger partial charge in [-0.05, 0) is 24.3 Å². The average molecular weight is 504 g/mol. The molecule has 37 heavy (non-hydrogen) atoms. The normalized spacial score (nSPS) is 13.6. The summed E-state index contributed by atoms with van der Waals surface area (Å²) in [6.45, 7) is 0.879. The number of hydrogen-bond acceptors (Lipinski definition) is 7. The molecule has 2 aromatic heterocycles. The lowest BCUT2D eigenvalue weighted by atomic mass is 10.0. The molecule has 0 unspecified atom stereocenters. The molecule has 188 valence electrons. The molecule has 12 heteroatoms. The van der Waals surface area contributed by atoms with Crippen LogP contribution >= 0.6 is 0 Å². The minimum atomic E-state index is -0.885. The Hall–Kier alpha value is -4.87. The lowest BCUT2D eigenvalue weighted by molar-refractivity contribution is -0.127. The largest absolute Gasteiger partial charge is 0.360 e. The summed E-state index contributed by atoms with van der Waals surface area (Å²) < 4.78 is 19.8. The summed E-state index contributed by atoms with van der Waals surface area (Å²) in [4.78, 5) is 60.4. The molecule has 1 fully saturated rings. The number of aromatic nitrogens is 3. The van der Waals surface area contributed by atoms with Crippen molar-refractivity contribution in [3.63, 3.8) is 0 Å². The number of nitrogens with zero attached hydrogens (tertiary/aromatic N) is 4. The molecule has 5 rings (SSSR count). The predicted molar refractivity (Wildman–Crippen MR) is 128 cm³/mol. The topological polar surface area (TPSA) is 141 Å². The zero-order valence-electron chi connectivity index (χ0n) is 19.7. The number of fused-ring (bicyclic) bond motifs is 1. The number of H-pyrrole nitrogens is 1. The minimum absolute atomic E-state index is 0.00924. The highest BCUT2D eigenvalue weighted by molar-refractivity contribution is 6.45. The Kier molecular flexibility index (Phi) is 6.22. The van der Waals surface area contributed by atoms with Crippen LogP contribution in [0.25, 0.3) is 22.3 Å². The maximum Gasteiger partial charge on any atom is 0.316 e. The van der Waals surface area contributed by atoms with Crippen LogP contribution in [0, 0.1) is 5.82 Å². The molecular weight excluding hydrogens is 483 g/mol. The van der Waals surface area contributed by atoms with E-state index < -0.39 is 23.4 Å². The number of rotatable bonds is 5. The van der Waals surface area contributed by atoms with Gasteiger partial charge in [0.05, 0.1) is 11.1 Å². The molecule has 2 aromatic carbocycles. The van der Waals surface area contributed by atoms with Gasteiger partial charge < -0.3 is 24.6 Å². The van der Waals surface area contributed by atoms with Crippen LogP contribution in [0.15, 0.2) is 53.2 Å². The van der Waals surface area contributed by atoms with Gasteiger partial charge in [-0.25, -0.2) is 4.39 Å². The maximum atomic E-state index is 14.9. The number of amides is 3. The Morgan fingerprint density at radius 2 is 1.70 bits per heavy atom. The molecule has 4 aromatic rings. The first-order valence-electron chi connectivity index (χ1n) is 11.4. The zero-order chi connectivity index (χ0) is 26.1. The van der Waals surface area contributed by atoms with Crippen LogP contribution in [-0.2, 0) is 4.79 Å². The van der Waals surface area contributed by atoms with Crippen LogP contribution < -0.4 is 5.32 Å². The third-order valence-corrected chi connectivity index (χ3v) is 6.19. The van der Waals surface area contributed by atoms with Crippen LogP contribution in [-0.4, -0.2) is 81.7 Å². The summed E-state index contributed by atoms with van der Waals surface area (Å²) in [5.74, 6) is -3.40. The van der Waals surface area contributed by atoms with Gasteiger partial charge in [0.15, 0.2) is 0 Å². The quantitative estimate of drug-likeness (QED) is 0.312. The first-order chi connectivity index (χ1) is 17.9. The van der Waals surface area contributed by atoms with E-state index in [4.69, 9.17) is 4.52 Å². The smallest absolute Gasteiger partial charge is 0.316 e. The van der Waals surface area contributed by atoms with Crippen LogP contribution in [0.1, 0.15) is 31.4 Å². The molecule has 2 N–H and O–H groups in total. The first kappa shape index (κ1) is 23.9. The molecule has 3 amide bonds. The Balaban J connectivity index is 1.35. The number of benzene rings is 2. The molecule has 0 spiro atoms. The number of ketones is 1. The number of hydrogen-bond donors (Lipinski definition) is 2. The second-order valence-electron chi connectivity index (χ2n) is 8.33. The van der Waals surface area contributed by atoms with Crippen molar-refractivity contribution in [2.24, 2.45) is 0 Å². The van der Waals surface area contributed by atoms with Crippen molar-refractivity contribution in [1.82, 2.24) is 30.2 Å². The molecule has 0 radical (unpaired) electrons. The first-order valence-corrected chi connectivity index (χ1v) is 11.4. The standard InChI is InChI=1S/C25H21FN6O5/c1-27-22(34)23-29-21(30-37-23)15-7-8-17(26)18-16(13-28-19(15)18)20(33)25(36)32-11-9-31(10-12-32)24(35)14-5-3-2-4-6-14/h2-8,13,28H,9-12H2,1H3,(H,27,34). The van der Waals surface area contributed by atoms with Crippen molar-refractivity contribution in [3.8, 4) is 11.4 Å². The fourth-order valence-electron chi connectivity index (χ4n) is 4.24. The van der Waals surface area contributed by atoms with Gasteiger partial charge in [-0.1, -0.05) is 23.4 Å². The lowest BCUT2D eigenvalue weighted by Crippen LogP contribution is -2.52. The van der Waals surface area contributed by atoms with Gasteiger partial charge >= 0.3 is 11.8 Å². The average Bonchev–Trinajstić information content (AvgIpc) is 3.61. The zero-order valence-corrected chi connectivity index (χ0v) is 19.7. The summed E-state index contributed by atoms with van der Waals surface area (Å²) in [5, 5.41) is 6.02. The summed E-state index contributed by atoms with van der Waals surface area (Å²) in [6.07, 6.45) is 1.26. The van der Waals surface area contributed by atoms with E-state index in [0.29, 0.717) is 5.56 Å². The Bertz CT molecular complexity index is 1520. The summed E-state index contributed by atoms with van der Waals surface area (Å²) in [6, 6.07) is 11.3. The molecule has 11 nitrogen and oxygen atoms in total. The predicted octanol–water partition coefficient (Wildman–Crippen LogP) is 1.88. The van der Waals surface area contributed by atoms with E-state index >= 15 is 0 Å². The van der Waals surface area contributed by atoms with Gasteiger partial charge in [0, 0.05) is 55.9 Å². The highest BCUT2D eigenvalue weighted by atomic mass is 19.1. The van der Waals surface area contributed by atoms with Gasteiger partial charge in [-0.3, -0.25) is 19.2 Å². The number of nitrogens with one attached hydrogen (secondary N) is 2. The monoisotopic (exact) mass is 504 g/mol. The molecule has 1 aliphatic heterocycles. The van der Waals surface area contributed by atoms with Crippen LogP contribution in [0.2, 0.25) is 0 Å². The van der Waals surface area contributed by atoms with Gasteiger partial charge in [0.2, 0.25) is 5.82 Å². The fraction of sp³-hybridized carbons (Fsp3) is 0.200. The maximum absolute atomic E-state index is 14.9. The second kappa shape index (κ2) is 9.64. The van der Waals surface area contributed by atoms with E-state index in [2.05, 4.69) is 20.4 Å². The van der Waals surface area contributed by atoms with E-state index in [-0.39, 0.29) is 65.8 Å². The number of carbonyl (C=O) groups excluding carboxylic acids is 4. The van der Waals surface area contributed by atoms with Crippen LogP contribution in [0.3, 0.4) is 0 Å². The molecule has 0 aliphatic carbocycles. The summed E-state index contributed by atoms with van der Waals surface area (Å²) in [5.41, 5.74) is 0.873. The van der Waals surface area contributed by atoms with Crippen molar-refractivity contribution in [2.45, 2.75) is 0 Å². The summed E-state index contributed by atoms with van der Waals surface area (Å²) in [7, 11) is 1.41. The van der Waals surface area contributed by atoms with Crippen molar-refractivity contribution >= 4 is 34.4 Å². The van der Waals surface area contributed by atoms with E-state index in [9.17, 15) is 23.6 Å². The van der Waals surface area contributed by atoms with Crippen LogP contribution in [0.4, 0.5) is 4.39 Å². The molecule has 0 bridgehead atoms. The highest BCUT2D eigenvalue weighted by Gasteiger charge is 2.31. The Morgan fingerprint density at radius 1 is 1.00 bits per heavy atom. The van der Waals surface area contributed by atoms with E-state index in [1.54, 1.807) is 29.2 Å². The van der Waals surface area contributed by atoms with Gasteiger partial charge in [-0.2, -0.15) is 4.98 Å². The van der Waals surface area contributed by atoms with Crippen LogP contribution in [0.5, 0.6) is 0 Å².